The van der Waals surface area contributed by atoms with Crippen molar-refractivity contribution in [2.75, 3.05) is 7.11 Å². The van der Waals surface area contributed by atoms with Gasteiger partial charge in [-0.15, -0.1) is 0 Å². The fraction of sp³-hybridized carbons (Fsp3) is 0.261. The number of amides is 3. The predicted molar refractivity (Wildman–Crippen MR) is 111 cm³/mol. The van der Waals surface area contributed by atoms with Crippen molar-refractivity contribution in [3.05, 3.63) is 75.1 Å². The van der Waals surface area contributed by atoms with Gasteiger partial charge in [0.1, 0.15) is 16.9 Å². The summed E-state index contributed by atoms with van der Waals surface area (Å²) in [6.45, 7) is 5.53. The molecule has 1 fully saturated rings. The van der Waals surface area contributed by atoms with Crippen LogP contribution >= 0.6 is 0 Å². The molecule has 30 heavy (non-hydrogen) atoms. The normalized spacial score (nSPS) is 18.7. The molecule has 3 amide bonds. The maximum Gasteiger partial charge on any atom is 0.336 e. The van der Waals surface area contributed by atoms with Gasteiger partial charge in [-0.3, -0.25) is 9.69 Å². The van der Waals surface area contributed by atoms with Crippen LogP contribution in [0.2, 0.25) is 0 Å². The van der Waals surface area contributed by atoms with Crippen LogP contribution in [0.3, 0.4) is 0 Å². The Morgan fingerprint density at radius 1 is 1.03 bits per heavy atom. The fourth-order valence-corrected chi connectivity index (χ4v) is 3.74. The second-order valence-corrected chi connectivity index (χ2v) is 7.70. The molecule has 1 N–H and O–H groups in total. The predicted octanol–water partition coefficient (Wildman–Crippen LogP) is 3.39. The van der Waals surface area contributed by atoms with Crippen molar-refractivity contribution >= 4 is 22.9 Å². The molecule has 1 aliphatic rings. The molecule has 154 valence electrons. The topological polar surface area (TPSA) is 88.8 Å². The lowest BCUT2D eigenvalue weighted by Gasteiger charge is -2.22. The number of methoxy groups -OCH3 is 1. The molecule has 0 saturated carbocycles. The summed E-state index contributed by atoms with van der Waals surface area (Å²) in [6, 6.07) is 11.5. The Hall–Kier alpha value is -3.61. The molecule has 3 aromatic rings. The minimum absolute atomic E-state index is 0.0268. The van der Waals surface area contributed by atoms with E-state index < -0.39 is 17.2 Å². The second kappa shape index (κ2) is 7.02. The van der Waals surface area contributed by atoms with E-state index in [0.717, 1.165) is 16.0 Å². The number of fused-ring (bicyclic) bond motifs is 1. The van der Waals surface area contributed by atoms with Crippen molar-refractivity contribution in [2.45, 2.75) is 32.9 Å². The van der Waals surface area contributed by atoms with E-state index in [-0.39, 0.29) is 12.5 Å². The minimum atomic E-state index is -1.20. The molecule has 1 atom stereocenters. The molecular formula is C23H22N2O5. The van der Waals surface area contributed by atoms with Crippen LogP contribution in [-0.2, 0) is 16.9 Å². The number of imide groups is 1. The Kier molecular flexibility index (Phi) is 4.61. The zero-order chi connectivity index (χ0) is 21.6. The van der Waals surface area contributed by atoms with Gasteiger partial charge in [0.2, 0.25) is 0 Å². The average Bonchev–Trinajstić information content (AvgIpc) is 2.93. The van der Waals surface area contributed by atoms with Gasteiger partial charge >= 0.3 is 11.7 Å². The first-order valence-electron chi connectivity index (χ1n) is 9.55. The Morgan fingerprint density at radius 3 is 2.37 bits per heavy atom. The number of rotatable bonds is 4. The number of aryl methyl sites for hydroxylation is 2. The largest absolute Gasteiger partial charge is 0.497 e. The maximum atomic E-state index is 13.2. The summed E-state index contributed by atoms with van der Waals surface area (Å²) >= 11 is 0. The molecule has 0 aliphatic carbocycles. The number of carbonyl (C=O) groups is 2. The third-order valence-corrected chi connectivity index (χ3v) is 5.72. The monoisotopic (exact) mass is 406 g/mol. The SMILES string of the molecule is COc1ccc(C2(C)NC(=O)N(Cc3cc(=O)oc4cc(C)c(C)cc34)C2=O)cc1. The van der Waals surface area contributed by atoms with Crippen molar-refractivity contribution in [3.63, 3.8) is 0 Å². The Morgan fingerprint density at radius 2 is 1.70 bits per heavy atom. The average molecular weight is 406 g/mol. The summed E-state index contributed by atoms with van der Waals surface area (Å²) in [5, 5.41) is 3.49. The molecule has 0 bridgehead atoms. The lowest BCUT2D eigenvalue weighted by molar-refractivity contribution is -0.131. The van der Waals surface area contributed by atoms with Crippen LogP contribution in [-0.4, -0.2) is 23.9 Å². The van der Waals surface area contributed by atoms with Gasteiger partial charge < -0.3 is 14.5 Å². The molecule has 7 nitrogen and oxygen atoms in total. The smallest absolute Gasteiger partial charge is 0.336 e. The van der Waals surface area contributed by atoms with E-state index in [1.165, 1.54) is 6.07 Å². The highest BCUT2D eigenvalue weighted by Gasteiger charge is 2.49. The van der Waals surface area contributed by atoms with E-state index in [1.807, 2.05) is 19.9 Å². The highest BCUT2D eigenvalue weighted by molar-refractivity contribution is 6.07. The van der Waals surface area contributed by atoms with Crippen LogP contribution in [0.15, 0.2) is 51.7 Å². The molecule has 2 heterocycles. The van der Waals surface area contributed by atoms with Crippen LogP contribution in [0.25, 0.3) is 11.0 Å². The molecule has 7 heteroatoms. The van der Waals surface area contributed by atoms with Crippen LogP contribution in [0.1, 0.15) is 29.2 Å². The summed E-state index contributed by atoms with van der Waals surface area (Å²) in [4.78, 5) is 39.2. The Labute approximate surface area is 173 Å². The highest BCUT2D eigenvalue weighted by atomic mass is 16.5. The number of nitrogens with one attached hydrogen (secondary N) is 1. The highest BCUT2D eigenvalue weighted by Crippen LogP contribution is 2.32. The Bertz CT molecular complexity index is 1230. The number of benzene rings is 2. The zero-order valence-corrected chi connectivity index (χ0v) is 17.2. The van der Waals surface area contributed by atoms with Gasteiger partial charge in [0.05, 0.1) is 13.7 Å². The van der Waals surface area contributed by atoms with E-state index in [4.69, 9.17) is 9.15 Å². The van der Waals surface area contributed by atoms with Gasteiger partial charge in [0, 0.05) is 11.5 Å². The number of hydrogen-bond acceptors (Lipinski definition) is 5. The van der Waals surface area contributed by atoms with Crippen LogP contribution in [0.5, 0.6) is 5.75 Å². The number of hydrogen-bond donors (Lipinski definition) is 1. The number of nitrogens with zero attached hydrogens (tertiary/aromatic N) is 1. The standard InChI is InChI=1S/C23H22N2O5/c1-13-9-18-15(11-20(26)30-19(18)10-14(13)2)12-25-21(27)23(3,24-22(25)28)16-5-7-17(29-4)8-6-16/h5-11H,12H2,1-4H3,(H,24,28). The summed E-state index contributed by atoms with van der Waals surface area (Å²) in [7, 11) is 1.56. The molecule has 4 rings (SSSR count). The minimum Gasteiger partial charge on any atom is -0.497 e. The summed E-state index contributed by atoms with van der Waals surface area (Å²) in [5.41, 5.74) is 1.93. The fourth-order valence-electron chi connectivity index (χ4n) is 3.74. The lowest BCUT2D eigenvalue weighted by Crippen LogP contribution is -2.40. The molecular weight excluding hydrogens is 384 g/mol. The van der Waals surface area contributed by atoms with Gasteiger partial charge in [-0.2, -0.15) is 0 Å². The maximum absolute atomic E-state index is 13.2. The number of ether oxygens (including phenoxy) is 1. The quantitative estimate of drug-likeness (QED) is 0.530. The van der Waals surface area contributed by atoms with Gasteiger partial charge in [-0.25, -0.2) is 9.59 Å². The Balaban J connectivity index is 1.72. The van der Waals surface area contributed by atoms with Gasteiger partial charge in [0.25, 0.3) is 5.91 Å². The van der Waals surface area contributed by atoms with Crippen molar-refractivity contribution in [1.29, 1.82) is 0 Å². The first-order valence-corrected chi connectivity index (χ1v) is 9.55. The van der Waals surface area contributed by atoms with Gasteiger partial charge in [0.15, 0.2) is 0 Å². The second-order valence-electron chi connectivity index (χ2n) is 7.70. The van der Waals surface area contributed by atoms with Gasteiger partial charge in [-0.1, -0.05) is 12.1 Å². The molecule has 0 spiro atoms. The lowest BCUT2D eigenvalue weighted by atomic mass is 9.92. The third kappa shape index (κ3) is 3.12. The van der Waals surface area contributed by atoms with E-state index in [0.29, 0.717) is 27.8 Å². The third-order valence-electron chi connectivity index (χ3n) is 5.72. The van der Waals surface area contributed by atoms with E-state index in [2.05, 4.69) is 5.32 Å². The van der Waals surface area contributed by atoms with Crippen LogP contribution < -0.4 is 15.7 Å². The van der Waals surface area contributed by atoms with Crippen molar-refractivity contribution < 1.29 is 18.7 Å². The molecule has 0 radical (unpaired) electrons. The number of carbonyl (C=O) groups excluding carboxylic acids is 2. The summed E-state index contributed by atoms with van der Waals surface area (Å²) < 4.78 is 10.5. The first-order chi connectivity index (χ1) is 14.2. The summed E-state index contributed by atoms with van der Waals surface area (Å²) in [5.74, 6) is 0.270. The van der Waals surface area contributed by atoms with Crippen LogP contribution in [0, 0.1) is 13.8 Å². The van der Waals surface area contributed by atoms with Crippen LogP contribution in [0.4, 0.5) is 4.79 Å². The first kappa shape index (κ1) is 19.7. The van der Waals surface area contributed by atoms with E-state index in [1.54, 1.807) is 44.4 Å². The van der Waals surface area contributed by atoms with Gasteiger partial charge in [-0.05, 0) is 67.3 Å². The van der Waals surface area contributed by atoms with Crippen molar-refractivity contribution in [2.24, 2.45) is 0 Å². The molecule has 1 unspecified atom stereocenters. The molecule has 1 aromatic heterocycles. The van der Waals surface area contributed by atoms with Crippen molar-refractivity contribution in [1.82, 2.24) is 10.2 Å². The summed E-state index contributed by atoms with van der Waals surface area (Å²) in [6.07, 6.45) is 0. The molecule has 1 aliphatic heterocycles. The molecule has 1 saturated heterocycles. The van der Waals surface area contributed by atoms with E-state index in [9.17, 15) is 14.4 Å². The van der Waals surface area contributed by atoms with E-state index >= 15 is 0 Å². The zero-order valence-electron chi connectivity index (χ0n) is 17.2. The number of urea groups is 1. The molecule has 2 aromatic carbocycles. The van der Waals surface area contributed by atoms with Crippen molar-refractivity contribution in [3.8, 4) is 5.75 Å².